The number of hydrogen-bond acceptors (Lipinski definition) is 1. The lowest BCUT2D eigenvalue weighted by Crippen LogP contribution is -2.21. The molecule has 2 saturated carbocycles. The molecular weight excluding hydrogens is 110 g/mol. The van der Waals surface area contributed by atoms with Crippen molar-refractivity contribution < 1.29 is 0 Å². The Morgan fingerprint density at radius 1 is 1.44 bits per heavy atom. The number of hydrogen-bond donors (Lipinski definition) is 1. The molecule has 9 heavy (non-hydrogen) atoms. The van der Waals surface area contributed by atoms with Crippen LogP contribution < -0.4 is 5.32 Å². The molecule has 0 aromatic heterocycles. The second-order valence-electron chi connectivity index (χ2n) is 3.67. The Morgan fingerprint density at radius 3 is 2.44 bits per heavy atom. The molecule has 0 amide bonds. The Kier molecular flexibility index (Phi) is 1.10. The summed E-state index contributed by atoms with van der Waals surface area (Å²) >= 11 is 0. The molecule has 1 heteroatoms. The zero-order valence-corrected chi connectivity index (χ0v) is 6.11. The molecule has 0 aromatic carbocycles. The van der Waals surface area contributed by atoms with Crippen molar-refractivity contribution in [1.29, 1.82) is 0 Å². The molecule has 0 radical (unpaired) electrons. The number of nitrogens with one attached hydrogen (secondary N) is 1. The van der Waals surface area contributed by atoms with Gasteiger partial charge in [0, 0.05) is 6.54 Å². The molecule has 0 unspecified atom stereocenters. The molecule has 1 nitrogen and oxygen atoms in total. The van der Waals surface area contributed by atoms with Crippen LogP contribution in [0.25, 0.3) is 0 Å². The second kappa shape index (κ2) is 1.72. The Bertz CT molecular complexity index is 112. The third kappa shape index (κ3) is 0.877. The van der Waals surface area contributed by atoms with E-state index in [0.29, 0.717) is 0 Å². The van der Waals surface area contributed by atoms with E-state index >= 15 is 0 Å². The summed E-state index contributed by atoms with van der Waals surface area (Å²) in [4.78, 5) is 0. The maximum absolute atomic E-state index is 3.29. The van der Waals surface area contributed by atoms with Gasteiger partial charge >= 0.3 is 0 Å². The van der Waals surface area contributed by atoms with Crippen LogP contribution in [0.3, 0.4) is 0 Å². The summed E-state index contributed by atoms with van der Waals surface area (Å²) in [5, 5.41) is 3.29. The smallest absolute Gasteiger partial charge is 0.000747 e. The molecule has 0 aromatic rings. The van der Waals surface area contributed by atoms with Crippen molar-refractivity contribution in [2.24, 2.45) is 11.3 Å². The average Bonchev–Trinajstić information content (AvgIpc) is 2.61. The third-order valence-corrected chi connectivity index (χ3v) is 2.86. The summed E-state index contributed by atoms with van der Waals surface area (Å²) in [5.74, 6) is 1.12. The SMILES string of the molecule is CNCC1(C2CC2)CC1. The molecule has 0 atom stereocenters. The van der Waals surface area contributed by atoms with E-state index in [1.807, 2.05) is 0 Å². The van der Waals surface area contributed by atoms with Crippen molar-refractivity contribution in [3.05, 3.63) is 0 Å². The predicted octanol–water partition coefficient (Wildman–Crippen LogP) is 1.40. The highest BCUT2D eigenvalue weighted by Gasteiger charge is 2.52. The highest BCUT2D eigenvalue weighted by molar-refractivity contribution is 5.04. The second-order valence-corrected chi connectivity index (χ2v) is 3.67. The Hall–Kier alpha value is -0.0400. The summed E-state index contributed by atoms with van der Waals surface area (Å²) in [5.41, 5.74) is 0.800. The van der Waals surface area contributed by atoms with Gasteiger partial charge in [0.25, 0.3) is 0 Å². The van der Waals surface area contributed by atoms with E-state index in [1.54, 1.807) is 0 Å². The Labute approximate surface area is 56.8 Å². The number of rotatable bonds is 3. The Morgan fingerprint density at radius 2 is 2.11 bits per heavy atom. The van der Waals surface area contributed by atoms with Crippen LogP contribution in [-0.4, -0.2) is 13.6 Å². The molecular formula is C8H15N. The Balaban J connectivity index is 1.89. The topological polar surface area (TPSA) is 12.0 Å². The summed E-state index contributed by atoms with van der Waals surface area (Å²) in [7, 11) is 2.07. The monoisotopic (exact) mass is 125 g/mol. The summed E-state index contributed by atoms with van der Waals surface area (Å²) in [6.07, 6.45) is 6.03. The van der Waals surface area contributed by atoms with Crippen LogP contribution in [0.2, 0.25) is 0 Å². The van der Waals surface area contributed by atoms with E-state index in [1.165, 1.54) is 32.2 Å². The molecule has 2 rings (SSSR count). The van der Waals surface area contributed by atoms with Crippen LogP contribution in [-0.2, 0) is 0 Å². The van der Waals surface area contributed by atoms with Gasteiger partial charge in [-0.25, -0.2) is 0 Å². The first-order valence-corrected chi connectivity index (χ1v) is 4.02. The van der Waals surface area contributed by atoms with E-state index in [-0.39, 0.29) is 0 Å². The molecule has 1 N–H and O–H groups in total. The highest BCUT2D eigenvalue weighted by Crippen LogP contribution is 2.60. The molecule has 2 aliphatic carbocycles. The maximum Gasteiger partial charge on any atom is 0.000747 e. The first kappa shape index (κ1) is 5.72. The van der Waals surface area contributed by atoms with E-state index in [4.69, 9.17) is 0 Å². The summed E-state index contributed by atoms with van der Waals surface area (Å²) < 4.78 is 0. The van der Waals surface area contributed by atoms with E-state index in [2.05, 4.69) is 12.4 Å². The van der Waals surface area contributed by atoms with Gasteiger partial charge in [0.2, 0.25) is 0 Å². The molecule has 2 aliphatic rings. The highest BCUT2D eigenvalue weighted by atomic mass is 14.9. The normalized spacial score (nSPS) is 30.3. The van der Waals surface area contributed by atoms with Gasteiger partial charge < -0.3 is 5.32 Å². The minimum absolute atomic E-state index is 0.800. The van der Waals surface area contributed by atoms with Gasteiger partial charge in [0.15, 0.2) is 0 Å². The molecule has 0 heterocycles. The van der Waals surface area contributed by atoms with E-state index in [9.17, 15) is 0 Å². The van der Waals surface area contributed by atoms with Crippen LogP contribution in [0.4, 0.5) is 0 Å². The first-order chi connectivity index (χ1) is 4.37. The van der Waals surface area contributed by atoms with E-state index in [0.717, 1.165) is 11.3 Å². The minimum Gasteiger partial charge on any atom is -0.319 e. The largest absolute Gasteiger partial charge is 0.319 e. The van der Waals surface area contributed by atoms with Crippen LogP contribution in [0.5, 0.6) is 0 Å². The fraction of sp³-hybridized carbons (Fsp3) is 1.00. The van der Waals surface area contributed by atoms with Gasteiger partial charge in [-0.05, 0) is 44.1 Å². The van der Waals surface area contributed by atoms with Crippen LogP contribution in [0, 0.1) is 11.3 Å². The first-order valence-electron chi connectivity index (χ1n) is 4.02. The van der Waals surface area contributed by atoms with Crippen molar-refractivity contribution in [3.63, 3.8) is 0 Å². The van der Waals surface area contributed by atoms with Crippen molar-refractivity contribution in [2.45, 2.75) is 25.7 Å². The van der Waals surface area contributed by atoms with E-state index < -0.39 is 0 Å². The van der Waals surface area contributed by atoms with Crippen molar-refractivity contribution in [1.82, 2.24) is 5.32 Å². The van der Waals surface area contributed by atoms with Gasteiger partial charge in [0.05, 0.1) is 0 Å². The third-order valence-electron chi connectivity index (χ3n) is 2.86. The molecule has 0 saturated heterocycles. The lowest BCUT2D eigenvalue weighted by molar-refractivity contribution is 0.420. The summed E-state index contributed by atoms with van der Waals surface area (Å²) in [6.45, 7) is 1.28. The van der Waals surface area contributed by atoms with Gasteiger partial charge in [-0.2, -0.15) is 0 Å². The standard InChI is InChI=1S/C8H15N/c1-9-6-8(4-5-8)7-2-3-7/h7,9H,2-6H2,1H3. The van der Waals surface area contributed by atoms with Crippen LogP contribution >= 0.6 is 0 Å². The maximum atomic E-state index is 3.29. The summed E-state index contributed by atoms with van der Waals surface area (Å²) in [6, 6.07) is 0. The predicted molar refractivity (Wildman–Crippen MR) is 38.3 cm³/mol. The molecule has 0 spiro atoms. The molecule has 52 valence electrons. The lowest BCUT2D eigenvalue weighted by Gasteiger charge is -2.11. The van der Waals surface area contributed by atoms with Crippen molar-refractivity contribution >= 4 is 0 Å². The fourth-order valence-electron chi connectivity index (χ4n) is 1.94. The molecule has 0 aliphatic heterocycles. The van der Waals surface area contributed by atoms with Gasteiger partial charge in [0.1, 0.15) is 0 Å². The lowest BCUT2D eigenvalue weighted by atomic mass is 10.0. The minimum atomic E-state index is 0.800. The molecule has 2 fully saturated rings. The van der Waals surface area contributed by atoms with Crippen molar-refractivity contribution in [2.75, 3.05) is 13.6 Å². The average molecular weight is 125 g/mol. The van der Waals surface area contributed by atoms with Gasteiger partial charge in [-0.1, -0.05) is 0 Å². The van der Waals surface area contributed by atoms with Crippen LogP contribution in [0.1, 0.15) is 25.7 Å². The van der Waals surface area contributed by atoms with Crippen molar-refractivity contribution in [3.8, 4) is 0 Å². The van der Waals surface area contributed by atoms with Crippen LogP contribution in [0.15, 0.2) is 0 Å². The molecule has 0 bridgehead atoms. The zero-order chi connectivity index (χ0) is 6.32. The van der Waals surface area contributed by atoms with Gasteiger partial charge in [-0.15, -0.1) is 0 Å². The zero-order valence-electron chi connectivity index (χ0n) is 6.11. The quantitative estimate of drug-likeness (QED) is 0.601. The van der Waals surface area contributed by atoms with Gasteiger partial charge in [-0.3, -0.25) is 0 Å². The fourth-order valence-corrected chi connectivity index (χ4v) is 1.94.